The topological polar surface area (TPSA) is 40.2 Å². The lowest BCUT2D eigenvalue weighted by Crippen LogP contribution is -2.19. The summed E-state index contributed by atoms with van der Waals surface area (Å²) < 4.78 is 23.0. The lowest BCUT2D eigenvalue weighted by atomic mass is 9.95. The Balaban J connectivity index is 1.43. The van der Waals surface area contributed by atoms with Crippen molar-refractivity contribution in [1.82, 2.24) is 4.90 Å². The predicted octanol–water partition coefficient (Wildman–Crippen LogP) is 6.22. The van der Waals surface area contributed by atoms with Crippen molar-refractivity contribution in [3.63, 3.8) is 0 Å². The van der Waals surface area contributed by atoms with Gasteiger partial charge in [-0.2, -0.15) is 0 Å². The number of fused-ring (bicyclic) bond motifs is 1. The van der Waals surface area contributed by atoms with Crippen molar-refractivity contribution in [3.05, 3.63) is 70.8 Å². The molecule has 2 aliphatic heterocycles. The number of hydrogen-bond donors (Lipinski definition) is 0. The first-order valence-corrected chi connectivity index (χ1v) is 12.3. The minimum atomic E-state index is 0.585. The van der Waals surface area contributed by atoms with E-state index in [-0.39, 0.29) is 0 Å². The van der Waals surface area contributed by atoms with Gasteiger partial charge in [0, 0.05) is 6.54 Å². The summed E-state index contributed by atoms with van der Waals surface area (Å²) >= 11 is 0. The lowest BCUT2D eigenvalue weighted by Gasteiger charge is -2.20. The summed E-state index contributed by atoms with van der Waals surface area (Å²) in [6.07, 6.45) is 6.80. The molecule has 0 atom stereocenters. The maximum Gasteiger partial charge on any atom is 0.161 e. The van der Waals surface area contributed by atoms with Gasteiger partial charge in [0.15, 0.2) is 11.5 Å². The molecule has 5 heteroatoms. The van der Waals surface area contributed by atoms with Crippen molar-refractivity contribution >= 4 is 12.2 Å². The van der Waals surface area contributed by atoms with Gasteiger partial charge in [-0.25, -0.2) is 0 Å². The standard InChI is InChI=1S/C30H33NO4/c1-21-23(7-6-8-25(21)24-11-12-27-30(19-24)35-16-15-34-27)10-9-22-17-28(32-2)26(29(18-22)33-3)20-31-13-4-5-14-31/h6-12,17-19H,4-5,13-16,20H2,1-3H3/b10-9+. The summed E-state index contributed by atoms with van der Waals surface area (Å²) in [5, 5.41) is 0. The summed E-state index contributed by atoms with van der Waals surface area (Å²) in [6, 6.07) is 16.8. The second kappa shape index (κ2) is 10.4. The van der Waals surface area contributed by atoms with Crippen LogP contribution in [0.25, 0.3) is 23.3 Å². The molecular weight excluding hydrogens is 438 g/mol. The number of likely N-dealkylation sites (tertiary alicyclic amines) is 1. The van der Waals surface area contributed by atoms with Crippen LogP contribution in [-0.2, 0) is 6.54 Å². The summed E-state index contributed by atoms with van der Waals surface area (Å²) in [6.45, 7) is 6.46. The zero-order chi connectivity index (χ0) is 24.2. The summed E-state index contributed by atoms with van der Waals surface area (Å²) in [4.78, 5) is 2.46. The van der Waals surface area contributed by atoms with Crippen LogP contribution in [0.1, 0.15) is 35.1 Å². The van der Waals surface area contributed by atoms with E-state index in [1.54, 1.807) is 14.2 Å². The van der Waals surface area contributed by atoms with E-state index in [1.807, 2.05) is 6.07 Å². The van der Waals surface area contributed by atoms with Gasteiger partial charge < -0.3 is 18.9 Å². The highest BCUT2D eigenvalue weighted by atomic mass is 16.6. The molecule has 1 saturated heterocycles. The van der Waals surface area contributed by atoms with E-state index in [9.17, 15) is 0 Å². The number of ether oxygens (including phenoxy) is 4. The molecule has 2 aliphatic rings. The van der Waals surface area contributed by atoms with Crippen molar-refractivity contribution < 1.29 is 18.9 Å². The molecule has 0 aromatic heterocycles. The molecule has 0 radical (unpaired) electrons. The number of hydrogen-bond acceptors (Lipinski definition) is 5. The van der Waals surface area contributed by atoms with E-state index >= 15 is 0 Å². The lowest BCUT2D eigenvalue weighted by molar-refractivity contribution is 0.171. The highest BCUT2D eigenvalue weighted by molar-refractivity contribution is 5.79. The molecule has 3 aromatic carbocycles. The summed E-state index contributed by atoms with van der Waals surface area (Å²) in [7, 11) is 3.47. The fourth-order valence-corrected chi connectivity index (χ4v) is 4.96. The van der Waals surface area contributed by atoms with Crippen LogP contribution in [0, 0.1) is 6.92 Å². The number of rotatable bonds is 7. The number of methoxy groups -OCH3 is 2. The van der Waals surface area contributed by atoms with Gasteiger partial charge in [0.1, 0.15) is 24.7 Å². The van der Waals surface area contributed by atoms with Crippen molar-refractivity contribution in [2.75, 3.05) is 40.5 Å². The van der Waals surface area contributed by atoms with Gasteiger partial charge in [-0.05, 0) is 84.9 Å². The average molecular weight is 472 g/mol. The third kappa shape index (κ3) is 5.01. The van der Waals surface area contributed by atoms with E-state index in [0.29, 0.717) is 13.2 Å². The molecule has 0 spiro atoms. The molecule has 3 aromatic rings. The van der Waals surface area contributed by atoms with E-state index in [0.717, 1.165) is 64.9 Å². The Morgan fingerprint density at radius 2 is 1.57 bits per heavy atom. The minimum absolute atomic E-state index is 0.585. The van der Waals surface area contributed by atoms with Gasteiger partial charge in [0.05, 0.1) is 19.8 Å². The van der Waals surface area contributed by atoms with Gasteiger partial charge in [0.25, 0.3) is 0 Å². The summed E-state index contributed by atoms with van der Waals surface area (Å²) in [5.41, 5.74) is 6.84. The SMILES string of the molecule is COc1cc(/C=C/c2cccc(-c3ccc4c(c3)OCCO4)c2C)cc(OC)c1CN1CCCC1. The molecule has 0 saturated carbocycles. The molecule has 0 unspecified atom stereocenters. The molecule has 182 valence electrons. The molecule has 5 rings (SSSR count). The van der Waals surface area contributed by atoms with E-state index in [1.165, 1.54) is 24.0 Å². The molecular formula is C30H33NO4. The van der Waals surface area contributed by atoms with Crippen LogP contribution in [-0.4, -0.2) is 45.4 Å². The highest BCUT2D eigenvalue weighted by Crippen LogP contribution is 2.37. The van der Waals surface area contributed by atoms with Crippen LogP contribution < -0.4 is 18.9 Å². The first kappa shape index (κ1) is 23.3. The van der Waals surface area contributed by atoms with Crippen molar-refractivity contribution in [3.8, 4) is 34.1 Å². The Morgan fingerprint density at radius 1 is 0.857 bits per heavy atom. The Labute approximate surface area is 207 Å². The van der Waals surface area contributed by atoms with Crippen molar-refractivity contribution in [2.45, 2.75) is 26.3 Å². The second-order valence-corrected chi connectivity index (χ2v) is 9.10. The van der Waals surface area contributed by atoms with Crippen LogP contribution in [0.5, 0.6) is 23.0 Å². The maximum atomic E-state index is 5.79. The Bertz CT molecular complexity index is 1200. The van der Waals surface area contributed by atoms with Crippen LogP contribution in [0.4, 0.5) is 0 Å². The summed E-state index contributed by atoms with van der Waals surface area (Å²) in [5.74, 6) is 3.36. The normalized spacial score (nSPS) is 15.5. The van der Waals surface area contributed by atoms with Crippen LogP contribution in [0.15, 0.2) is 48.5 Å². The molecule has 1 fully saturated rings. The Kier molecular flexibility index (Phi) is 6.96. The third-order valence-electron chi connectivity index (χ3n) is 6.89. The largest absolute Gasteiger partial charge is 0.496 e. The van der Waals surface area contributed by atoms with Gasteiger partial charge in [0.2, 0.25) is 0 Å². The van der Waals surface area contributed by atoms with Gasteiger partial charge >= 0.3 is 0 Å². The molecule has 0 bridgehead atoms. The maximum absolute atomic E-state index is 5.79. The van der Waals surface area contributed by atoms with Crippen molar-refractivity contribution in [2.24, 2.45) is 0 Å². The fourth-order valence-electron chi connectivity index (χ4n) is 4.96. The van der Waals surface area contributed by atoms with Crippen LogP contribution in [0.2, 0.25) is 0 Å². The second-order valence-electron chi connectivity index (χ2n) is 9.10. The van der Waals surface area contributed by atoms with Crippen LogP contribution >= 0.6 is 0 Å². The smallest absolute Gasteiger partial charge is 0.161 e. The zero-order valence-corrected chi connectivity index (χ0v) is 20.8. The van der Waals surface area contributed by atoms with E-state index in [4.69, 9.17) is 18.9 Å². The van der Waals surface area contributed by atoms with Crippen molar-refractivity contribution in [1.29, 1.82) is 0 Å². The molecule has 0 aliphatic carbocycles. The van der Waals surface area contributed by atoms with Gasteiger partial charge in [-0.3, -0.25) is 4.90 Å². The quantitative estimate of drug-likeness (QED) is 0.383. The monoisotopic (exact) mass is 471 g/mol. The van der Waals surface area contributed by atoms with Gasteiger partial charge in [-0.15, -0.1) is 0 Å². The number of benzene rings is 3. The third-order valence-corrected chi connectivity index (χ3v) is 6.89. The molecule has 2 heterocycles. The van der Waals surface area contributed by atoms with Crippen LogP contribution in [0.3, 0.4) is 0 Å². The Morgan fingerprint density at radius 3 is 2.29 bits per heavy atom. The number of nitrogens with zero attached hydrogens (tertiary/aromatic N) is 1. The molecule has 35 heavy (non-hydrogen) atoms. The Hall–Kier alpha value is -3.44. The first-order valence-electron chi connectivity index (χ1n) is 12.3. The predicted molar refractivity (Wildman–Crippen MR) is 141 cm³/mol. The fraction of sp³-hybridized carbons (Fsp3) is 0.333. The van der Waals surface area contributed by atoms with E-state index in [2.05, 4.69) is 66.4 Å². The van der Waals surface area contributed by atoms with Gasteiger partial charge in [-0.1, -0.05) is 36.4 Å². The zero-order valence-electron chi connectivity index (χ0n) is 20.8. The molecule has 0 amide bonds. The average Bonchev–Trinajstić information content (AvgIpc) is 3.41. The molecule has 0 N–H and O–H groups in total. The first-order chi connectivity index (χ1) is 17.2. The highest BCUT2D eigenvalue weighted by Gasteiger charge is 2.19. The molecule has 5 nitrogen and oxygen atoms in total. The van der Waals surface area contributed by atoms with E-state index < -0.39 is 0 Å². The minimum Gasteiger partial charge on any atom is -0.496 e.